The van der Waals surface area contributed by atoms with E-state index in [2.05, 4.69) is 21.2 Å². The molecule has 0 unspecified atom stereocenters. The predicted molar refractivity (Wildman–Crippen MR) is 84.6 cm³/mol. The van der Waals surface area contributed by atoms with Crippen molar-refractivity contribution in [3.63, 3.8) is 0 Å². The summed E-state index contributed by atoms with van der Waals surface area (Å²) in [5.41, 5.74) is 2.63. The number of hydrogen-bond donors (Lipinski definition) is 2. The van der Waals surface area contributed by atoms with Gasteiger partial charge in [0, 0.05) is 16.7 Å². The molecule has 1 aromatic carbocycles. The number of anilines is 1. The van der Waals surface area contributed by atoms with Gasteiger partial charge < -0.3 is 15.3 Å². The Balaban J connectivity index is 2.12. The lowest BCUT2D eigenvalue weighted by atomic mass is 10.1. The van der Waals surface area contributed by atoms with Gasteiger partial charge in [-0.3, -0.25) is 4.79 Å². The second-order valence-corrected chi connectivity index (χ2v) is 6.48. The summed E-state index contributed by atoms with van der Waals surface area (Å²) in [5.74, 6) is -0.544. The van der Waals surface area contributed by atoms with Crippen LogP contribution in [0, 0.1) is 19.8 Å². The number of rotatable bonds is 5. The zero-order valence-electron chi connectivity index (χ0n) is 12.1. The molecule has 0 radical (unpaired) electrons. The highest BCUT2D eigenvalue weighted by atomic mass is 79.9. The second-order valence-electron chi connectivity index (χ2n) is 5.56. The van der Waals surface area contributed by atoms with E-state index in [9.17, 15) is 9.59 Å². The van der Waals surface area contributed by atoms with Crippen molar-refractivity contribution in [1.29, 1.82) is 0 Å². The number of hydrogen-bond acceptors (Lipinski definition) is 2. The molecular weight excluding hydrogens is 336 g/mol. The average molecular weight is 355 g/mol. The van der Waals surface area contributed by atoms with Crippen LogP contribution in [-0.4, -0.2) is 35.1 Å². The maximum atomic E-state index is 12.3. The highest BCUT2D eigenvalue weighted by Gasteiger charge is 2.28. The number of benzene rings is 1. The quantitative estimate of drug-likeness (QED) is 0.851. The number of nitrogens with one attached hydrogen (secondary N) is 1. The monoisotopic (exact) mass is 354 g/mol. The smallest absolute Gasteiger partial charge is 0.323 e. The third-order valence-corrected chi connectivity index (χ3v) is 3.98. The molecule has 2 amide bonds. The van der Waals surface area contributed by atoms with Crippen LogP contribution in [0.4, 0.5) is 10.5 Å². The van der Waals surface area contributed by atoms with Crippen molar-refractivity contribution in [2.75, 3.05) is 18.4 Å². The molecule has 0 spiro atoms. The van der Waals surface area contributed by atoms with Crippen LogP contribution < -0.4 is 5.32 Å². The fourth-order valence-corrected chi connectivity index (χ4v) is 2.98. The summed E-state index contributed by atoms with van der Waals surface area (Å²) in [6.45, 7) is 4.06. The molecule has 1 aliphatic rings. The van der Waals surface area contributed by atoms with Gasteiger partial charge in [-0.25, -0.2) is 4.79 Å². The molecule has 114 valence electrons. The molecular formula is C15H19BrN2O3. The van der Waals surface area contributed by atoms with Crippen LogP contribution in [0.5, 0.6) is 0 Å². The largest absolute Gasteiger partial charge is 0.480 e. The minimum absolute atomic E-state index is 0.267. The predicted octanol–water partition coefficient (Wildman–Crippen LogP) is 3.39. The summed E-state index contributed by atoms with van der Waals surface area (Å²) in [7, 11) is 0. The Morgan fingerprint density at radius 1 is 1.33 bits per heavy atom. The van der Waals surface area contributed by atoms with Gasteiger partial charge in [-0.15, -0.1) is 0 Å². The van der Waals surface area contributed by atoms with Gasteiger partial charge in [0.25, 0.3) is 0 Å². The zero-order chi connectivity index (χ0) is 15.6. The zero-order valence-corrected chi connectivity index (χ0v) is 13.7. The first-order valence-electron chi connectivity index (χ1n) is 6.91. The van der Waals surface area contributed by atoms with Crippen LogP contribution in [0.15, 0.2) is 16.6 Å². The van der Waals surface area contributed by atoms with Crippen LogP contribution in [0.1, 0.15) is 24.0 Å². The van der Waals surface area contributed by atoms with Gasteiger partial charge in [-0.05, 0) is 55.9 Å². The van der Waals surface area contributed by atoms with E-state index in [-0.39, 0.29) is 12.6 Å². The van der Waals surface area contributed by atoms with Crippen LogP contribution in [0.25, 0.3) is 0 Å². The minimum Gasteiger partial charge on any atom is -0.480 e. The number of carboxylic acid groups (broad SMARTS) is 1. The highest BCUT2D eigenvalue weighted by molar-refractivity contribution is 9.10. The van der Waals surface area contributed by atoms with Crippen molar-refractivity contribution in [2.24, 2.45) is 5.92 Å². The molecule has 0 atom stereocenters. The molecule has 0 aliphatic heterocycles. The van der Waals surface area contributed by atoms with Gasteiger partial charge in [0.05, 0.1) is 0 Å². The van der Waals surface area contributed by atoms with E-state index < -0.39 is 5.97 Å². The number of halogens is 1. The Morgan fingerprint density at radius 3 is 2.38 bits per heavy atom. The first kappa shape index (κ1) is 15.8. The Kier molecular flexibility index (Phi) is 4.88. The van der Waals surface area contributed by atoms with Gasteiger partial charge in [0.15, 0.2) is 0 Å². The van der Waals surface area contributed by atoms with Crippen LogP contribution in [0.3, 0.4) is 0 Å². The van der Waals surface area contributed by atoms with Crippen LogP contribution >= 0.6 is 15.9 Å². The average Bonchev–Trinajstić information content (AvgIpc) is 3.16. The summed E-state index contributed by atoms with van der Waals surface area (Å²) in [5, 5.41) is 11.8. The second kappa shape index (κ2) is 6.47. The number of aliphatic carboxylic acids is 1. The number of urea groups is 1. The van der Waals surface area contributed by atoms with Crippen molar-refractivity contribution in [2.45, 2.75) is 26.7 Å². The van der Waals surface area contributed by atoms with Gasteiger partial charge in [-0.2, -0.15) is 0 Å². The van der Waals surface area contributed by atoms with E-state index in [1.54, 1.807) is 0 Å². The molecule has 0 aromatic heterocycles. The number of aryl methyl sites for hydroxylation is 2. The Morgan fingerprint density at radius 2 is 1.90 bits per heavy atom. The molecule has 0 saturated heterocycles. The van der Waals surface area contributed by atoms with Gasteiger partial charge in [0.2, 0.25) is 0 Å². The van der Waals surface area contributed by atoms with E-state index in [0.717, 1.165) is 34.1 Å². The fraction of sp³-hybridized carbons (Fsp3) is 0.467. The maximum absolute atomic E-state index is 12.3. The molecule has 1 aliphatic carbocycles. The molecule has 0 bridgehead atoms. The summed E-state index contributed by atoms with van der Waals surface area (Å²) in [6, 6.07) is 3.49. The third kappa shape index (κ3) is 4.46. The number of carbonyl (C=O) groups excluding carboxylic acids is 1. The van der Waals surface area contributed by atoms with Crippen molar-refractivity contribution in [3.05, 3.63) is 27.7 Å². The summed E-state index contributed by atoms with van der Waals surface area (Å²) >= 11 is 3.42. The Bertz CT molecular complexity index is 547. The molecule has 21 heavy (non-hydrogen) atoms. The SMILES string of the molecule is Cc1cc(Br)cc(C)c1NC(=O)N(CC(=O)O)CC1CC1. The Labute approximate surface area is 132 Å². The molecule has 6 heteroatoms. The van der Waals surface area contributed by atoms with E-state index in [1.165, 1.54) is 4.90 Å². The summed E-state index contributed by atoms with van der Waals surface area (Å²) in [4.78, 5) is 24.6. The van der Waals surface area contributed by atoms with E-state index in [1.807, 2.05) is 26.0 Å². The molecule has 0 heterocycles. The number of nitrogens with zero attached hydrogens (tertiary/aromatic N) is 1. The molecule has 2 N–H and O–H groups in total. The highest BCUT2D eigenvalue weighted by Crippen LogP contribution is 2.30. The van der Waals surface area contributed by atoms with Crippen molar-refractivity contribution in [1.82, 2.24) is 4.90 Å². The molecule has 1 saturated carbocycles. The van der Waals surface area contributed by atoms with Crippen molar-refractivity contribution < 1.29 is 14.7 Å². The number of amides is 2. The third-order valence-electron chi connectivity index (χ3n) is 3.52. The van der Waals surface area contributed by atoms with E-state index in [0.29, 0.717) is 12.5 Å². The normalized spacial score (nSPS) is 13.9. The number of carbonyl (C=O) groups is 2. The molecule has 2 rings (SSSR count). The number of carboxylic acids is 1. The molecule has 1 fully saturated rings. The van der Waals surface area contributed by atoms with Crippen LogP contribution in [0.2, 0.25) is 0 Å². The molecule has 1 aromatic rings. The fourth-order valence-electron chi connectivity index (χ4n) is 2.29. The van der Waals surface area contributed by atoms with Crippen molar-refractivity contribution >= 4 is 33.6 Å². The Hall–Kier alpha value is -1.56. The first-order chi connectivity index (χ1) is 9.86. The first-order valence-corrected chi connectivity index (χ1v) is 7.70. The van der Waals surface area contributed by atoms with Crippen molar-refractivity contribution in [3.8, 4) is 0 Å². The lowest BCUT2D eigenvalue weighted by Gasteiger charge is -2.22. The van der Waals surface area contributed by atoms with Gasteiger partial charge in [0.1, 0.15) is 6.54 Å². The maximum Gasteiger partial charge on any atom is 0.323 e. The summed E-state index contributed by atoms with van der Waals surface area (Å²) < 4.78 is 0.955. The van der Waals surface area contributed by atoms with Crippen LogP contribution in [-0.2, 0) is 4.79 Å². The van der Waals surface area contributed by atoms with E-state index >= 15 is 0 Å². The standard InChI is InChI=1S/C15H19BrN2O3/c1-9-5-12(16)6-10(2)14(9)17-15(21)18(8-13(19)20)7-11-3-4-11/h5-6,11H,3-4,7-8H2,1-2H3,(H,17,21)(H,19,20). The van der Waals surface area contributed by atoms with Gasteiger partial charge >= 0.3 is 12.0 Å². The van der Waals surface area contributed by atoms with Gasteiger partial charge in [-0.1, -0.05) is 15.9 Å². The summed E-state index contributed by atoms with van der Waals surface area (Å²) in [6.07, 6.45) is 2.14. The minimum atomic E-state index is -0.991. The lowest BCUT2D eigenvalue weighted by Crippen LogP contribution is -2.40. The lowest BCUT2D eigenvalue weighted by molar-refractivity contribution is -0.137. The molecule has 5 nitrogen and oxygen atoms in total. The topological polar surface area (TPSA) is 69.6 Å². The van der Waals surface area contributed by atoms with E-state index in [4.69, 9.17) is 5.11 Å².